The molecule has 26 heavy (non-hydrogen) atoms. The van der Waals surface area contributed by atoms with Gasteiger partial charge in [-0.05, 0) is 54.6 Å². The fourth-order valence-corrected chi connectivity index (χ4v) is 2.57. The Kier molecular flexibility index (Phi) is 4.25. The molecule has 2 heterocycles. The normalized spacial score (nSPS) is 10.7. The third kappa shape index (κ3) is 3.36. The summed E-state index contributed by atoms with van der Waals surface area (Å²) in [6.07, 6.45) is 3.56. The van der Waals surface area contributed by atoms with Gasteiger partial charge in [-0.2, -0.15) is 5.10 Å². The van der Waals surface area contributed by atoms with E-state index in [1.165, 1.54) is 0 Å². The first-order chi connectivity index (χ1) is 12.7. The SMILES string of the molecule is O=C(Nc1ccc(-n2cccn2)cc1)c1cc(-c2ccc(Cl)cc2)on1. The van der Waals surface area contributed by atoms with Crippen LogP contribution in [0.3, 0.4) is 0 Å². The maximum Gasteiger partial charge on any atom is 0.277 e. The van der Waals surface area contributed by atoms with Crippen LogP contribution in [0.1, 0.15) is 10.5 Å². The van der Waals surface area contributed by atoms with E-state index in [0.717, 1.165) is 11.3 Å². The number of nitrogens with one attached hydrogen (secondary N) is 1. The number of amides is 1. The van der Waals surface area contributed by atoms with Crippen molar-refractivity contribution in [1.82, 2.24) is 14.9 Å². The van der Waals surface area contributed by atoms with Crippen molar-refractivity contribution in [1.29, 1.82) is 0 Å². The van der Waals surface area contributed by atoms with Crippen molar-refractivity contribution in [2.75, 3.05) is 5.32 Å². The highest BCUT2D eigenvalue weighted by Crippen LogP contribution is 2.23. The van der Waals surface area contributed by atoms with Crippen LogP contribution in [0.4, 0.5) is 5.69 Å². The Morgan fingerprint density at radius 1 is 1.08 bits per heavy atom. The van der Waals surface area contributed by atoms with Gasteiger partial charge in [0, 0.05) is 34.7 Å². The molecule has 0 saturated heterocycles. The van der Waals surface area contributed by atoms with Crippen molar-refractivity contribution in [2.24, 2.45) is 0 Å². The number of rotatable bonds is 4. The average Bonchev–Trinajstić information content (AvgIpc) is 3.35. The van der Waals surface area contributed by atoms with Gasteiger partial charge >= 0.3 is 0 Å². The van der Waals surface area contributed by atoms with Crippen LogP contribution in [0.15, 0.2) is 77.6 Å². The molecule has 1 N–H and O–H groups in total. The van der Waals surface area contributed by atoms with Crippen LogP contribution < -0.4 is 5.32 Å². The summed E-state index contributed by atoms with van der Waals surface area (Å²) in [7, 11) is 0. The van der Waals surface area contributed by atoms with Gasteiger partial charge in [0.2, 0.25) is 0 Å². The second-order valence-electron chi connectivity index (χ2n) is 5.53. The van der Waals surface area contributed by atoms with Gasteiger partial charge in [0.1, 0.15) is 0 Å². The van der Waals surface area contributed by atoms with E-state index in [2.05, 4.69) is 15.6 Å². The summed E-state index contributed by atoms with van der Waals surface area (Å²) in [6, 6.07) is 17.9. The standard InChI is InChI=1S/C19H13ClN4O2/c20-14-4-2-13(3-5-14)18-12-17(23-26-18)19(25)22-15-6-8-16(9-7-15)24-11-1-10-21-24/h1-12H,(H,22,25). The molecular weight excluding hydrogens is 352 g/mol. The molecule has 6 nitrogen and oxygen atoms in total. The number of carbonyl (C=O) groups is 1. The minimum absolute atomic E-state index is 0.200. The molecule has 2 aromatic carbocycles. The van der Waals surface area contributed by atoms with Crippen molar-refractivity contribution in [3.63, 3.8) is 0 Å². The van der Waals surface area contributed by atoms with Gasteiger partial charge in [0.05, 0.1) is 5.69 Å². The fraction of sp³-hybridized carbons (Fsp3) is 0. The van der Waals surface area contributed by atoms with Crippen LogP contribution in [-0.2, 0) is 0 Å². The summed E-state index contributed by atoms with van der Waals surface area (Å²) >= 11 is 5.87. The second kappa shape index (κ2) is 6.85. The van der Waals surface area contributed by atoms with E-state index in [4.69, 9.17) is 16.1 Å². The maximum atomic E-state index is 12.4. The lowest BCUT2D eigenvalue weighted by atomic mass is 10.1. The third-order valence-electron chi connectivity index (χ3n) is 3.77. The van der Waals surface area contributed by atoms with E-state index in [0.29, 0.717) is 16.5 Å². The highest BCUT2D eigenvalue weighted by molar-refractivity contribution is 6.30. The van der Waals surface area contributed by atoms with E-state index in [1.54, 1.807) is 53.3 Å². The summed E-state index contributed by atoms with van der Waals surface area (Å²) in [4.78, 5) is 12.4. The zero-order chi connectivity index (χ0) is 17.9. The number of hydrogen-bond donors (Lipinski definition) is 1. The summed E-state index contributed by atoms with van der Waals surface area (Å²) in [5.74, 6) is 0.154. The van der Waals surface area contributed by atoms with E-state index >= 15 is 0 Å². The van der Waals surface area contributed by atoms with Gasteiger partial charge in [-0.1, -0.05) is 16.8 Å². The molecule has 0 unspecified atom stereocenters. The molecule has 7 heteroatoms. The minimum atomic E-state index is -0.346. The first-order valence-corrected chi connectivity index (χ1v) is 8.21. The number of benzene rings is 2. The van der Waals surface area contributed by atoms with Crippen molar-refractivity contribution in [3.05, 3.63) is 83.8 Å². The monoisotopic (exact) mass is 364 g/mol. The molecular formula is C19H13ClN4O2. The van der Waals surface area contributed by atoms with Crippen molar-refractivity contribution in [2.45, 2.75) is 0 Å². The largest absolute Gasteiger partial charge is 0.355 e. The number of hydrogen-bond acceptors (Lipinski definition) is 4. The lowest BCUT2D eigenvalue weighted by Gasteiger charge is -2.05. The molecule has 0 aliphatic rings. The lowest BCUT2D eigenvalue weighted by molar-refractivity contribution is 0.101. The Labute approximate surface area is 154 Å². The van der Waals surface area contributed by atoms with Crippen molar-refractivity contribution >= 4 is 23.2 Å². The molecule has 0 bridgehead atoms. The number of aromatic nitrogens is 3. The van der Waals surface area contributed by atoms with Crippen LogP contribution in [0, 0.1) is 0 Å². The van der Waals surface area contributed by atoms with Crippen LogP contribution in [0.5, 0.6) is 0 Å². The quantitative estimate of drug-likeness (QED) is 0.581. The molecule has 2 aromatic heterocycles. The molecule has 0 radical (unpaired) electrons. The van der Waals surface area contributed by atoms with E-state index in [1.807, 2.05) is 24.4 Å². The summed E-state index contributed by atoms with van der Waals surface area (Å²) in [5.41, 5.74) is 2.55. The zero-order valence-electron chi connectivity index (χ0n) is 13.5. The number of anilines is 1. The summed E-state index contributed by atoms with van der Waals surface area (Å²) in [6.45, 7) is 0. The van der Waals surface area contributed by atoms with Gasteiger partial charge in [0.15, 0.2) is 11.5 Å². The maximum absolute atomic E-state index is 12.4. The molecule has 0 atom stereocenters. The Morgan fingerprint density at radius 3 is 2.54 bits per heavy atom. The second-order valence-corrected chi connectivity index (χ2v) is 5.97. The first kappa shape index (κ1) is 16.1. The average molecular weight is 365 g/mol. The van der Waals surface area contributed by atoms with Gasteiger partial charge < -0.3 is 9.84 Å². The van der Waals surface area contributed by atoms with Crippen molar-refractivity contribution in [3.8, 4) is 17.0 Å². The Hall–Kier alpha value is -3.38. The van der Waals surface area contributed by atoms with Crippen molar-refractivity contribution < 1.29 is 9.32 Å². The smallest absolute Gasteiger partial charge is 0.277 e. The molecule has 0 spiro atoms. The van der Waals surface area contributed by atoms with E-state index in [-0.39, 0.29) is 11.6 Å². The highest BCUT2D eigenvalue weighted by atomic mass is 35.5. The summed E-state index contributed by atoms with van der Waals surface area (Å²) < 4.78 is 6.99. The predicted octanol–water partition coefficient (Wildman–Crippen LogP) is 4.43. The molecule has 0 saturated carbocycles. The van der Waals surface area contributed by atoms with E-state index < -0.39 is 0 Å². The Morgan fingerprint density at radius 2 is 1.85 bits per heavy atom. The Bertz CT molecular complexity index is 1020. The van der Waals surface area contributed by atoms with Crippen LogP contribution in [0.25, 0.3) is 17.0 Å². The molecule has 4 rings (SSSR count). The molecule has 0 aliphatic heterocycles. The van der Waals surface area contributed by atoms with Crippen LogP contribution in [0.2, 0.25) is 5.02 Å². The molecule has 128 valence electrons. The molecule has 4 aromatic rings. The van der Waals surface area contributed by atoms with E-state index in [9.17, 15) is 4.79 Å². The van der Waals surface area contributed by atoms with Gasteiger partial charge in [-0.15, -0.1) is 0 Å². The number of carbonyl (C=O) groups excluding carboxylic acids is 1. The third-order valence-corrected chi connectivity index (χ3v) is 4.02. The first-order valence-electron chi connectivity index (χ1n) is 7.83. The van der Waals surface area contributed by atoms with Gasteiger partial charge in [0.25, 0.3) is 5.91 Å². The van der Waals surface area contributed by atoms with Gasteiger partial charge in [-0.3, -0.25) is 4.79 Å². The van der Waals surface area contributed by atoms with Crippen LogP contribution >= 0.6 is 11.6 Å². The van der Waals surface area contributed by atoms with Gasteiger partial charge in [-0.25, -0.2) is 4.68 Å². The number of halogens is 1. The predicted molar refractivity (Wildman–Crippen MR) is 98.5 cm³/mol. The summed E-state index contributed by atoms with van der Waals surface area (Å²) in [5, 5.41) is 11.4. The highest BCUT2D eigenvalue weighted by Gasteiger charge is 2.14. The zero-order valence-corrected chi connectivity index (χ0v) is 14.2. The minimum Gasteiger partial charge on any atom is -0.355 e. The topological polar surface area (TPSA) is 73.0 Å². The lowest BCUT2D eigenvalue weighted by Crippen LogP contribution is -2.12. The molecule has 0 aliphatic carbocycles. The molecule has 0 fully saturated rings. The number of nitrogens with zero attached hydrogens (tertiary/aromatic N) is 3. The van der Waals surface area contributed by atoms with Crippen LogP contribution in [-0.4, -0.2) is 20.8 Å². The molecule has 1 amide bonds. The fourth-order valence-electron chi connectivity index (χ4n) is 2.45. The Balaban J connectivity index is 1.47.